The molecule has 3 heterocycles. The van der Waals surface area contributed by atoms with Gasteiger partial charge in [0.1, 0.15) is 5.75 Å². The fourth-order valence-corrected chi connectivity index (χ4v) is 5.71. The standard InChI is InChI=1S/C36H41N5O5/c1-24-11-13-30(26(3)25(24)2)31-21-34(46-36(42)37-22-27-12-14-32-33(19-27)45-23-44-32)40-35(39-31)38-28-9-7-10-29(20-28)43-18-8-17-41-15-5-4-6-16-41/h7,9-14,19-21H,4-6,8,15-18,22-23H2,1-3H3,(H,37,42)(H,38,39,40). The maximum absolute atomic E-state index is 12.9. The SMILES string of the molecule is Cc1ccc(-c2cc(OC(=O)NCc3ccc4c(c3)OCO4)nc(Nc3cccc(OCCCN4CCCCC4)c3)n2)c(C)c1C. The highest BCUT2D eigenvalue weighted by molar-refractivity contribution is 5.73. The molecule has 0 spiro atoms. The van der Waals surface area contributed by atoms with Gasteiger partial charge in [-0.25, -0.2) is 9.78 Å². The molecule has 1 aromatic heterocycles. The Bertz CT molecular complexity index is 1690. The van der Waals surface area contributed by atoms with Crippen LogP contribution in [0.5, 0.6) is 23.1 Å². The number of ether oxygens (including phenoxy) is 4. The monoisotopic (exact) mass is 623 g/mol. The molecule has 2 N–H and O–H groups in total. The zero-order valence-electron chi connectivity index (χ0n) is 26.7. The van der Waals surface area contributed by atoms with Gasteiger partial charge in [0.15, 0.2) is 11.5 Å². The van der Waals surface area contributed by atoms with Crippen molar-refractivity contribution in [3.05, 3.63) is 82.9 Å². The molecule has 4 aromatic rings. The van der Waals surface area contributed by atoms with Crippen molar-refractivity contribution in [1.82, 2.24) is 20.2 Å². The van der Waals surface area contributed by atoms with Crippen LogP contribution in [0.25, 0.3) is 11.3 Å². The summed E-state index contributed by atoms with van der Waals surface area (Å²) in [7, 11) is 0. The Kier molecular flexibility index (Phi) is 9.83. The number of amides is 1. The van der Waals surface area contributed by atoms with E-state index in [1.54, 1.807) is 6.07 Å². The predicted molar refractivity (Wildman–Crippen MR) is 177 cm³/mol. The number of nitrogens with zero attached hydrogens (tertiary/aromatic N) is 3. The number of aromatic nitrogens is 2. The van der Waals surface area contributed by atoms with Crippen LogP contribution in [0, 0.1) is 20.8 Å². The number of rotatable bonds is 11. The number of carbonyl (C=O) groups excluding carboxylic acids is 1. The highest BCUT2D eigenvalue weighted by Gasteiger charge is 2.17. The first-order valence-corrected chi connectivity index (χ1v) is 15.9. The van der Waals surface area contributed by atoms with Gasteiger partial charge in [-0.1, -0.05) is 30.7 Å². The molecule has 0 unspecified atom stereocenters. The molecular weight excluding hydrogens is 582 g/mol. The highest BCUT2D eigenvalue weighted by Crippen LogP contribution is 2.33. The van der Waals surface area contributed by atoms with Crippen molar-refractivity contribution in [1.29, 1.82) is 0 Å². The molecule has 1 amide bonds. The largest absolute Gasteiger partial charge is 0.493 e. The van der Waals surface area contributed by atoms with Gasteiger partial charge in [0, 0.05) is 36.5 Å². The van der Waals surface area contributed by atoms with Crippen molar-refractivity contribution in [3.63, 3.8) is 0 Å². The molecule has 0 bridgehead atoms. The number of hydrogen-bond donors (Lipinski definition) is 2. The Morgan fingerprint density at radius 1 is 0.913 bits per heavy atom. The molecule has 10 nitrogen and oxygen atoms in total. The fourth-order valence-electron chi connectivity index (χ4n) is 5.71. The molecule has 2 aliphatic rings. The quantitative estimate of drug-likeness (QED) is 0.169. The normalized spacial score (nSPS) is 14.2. The smallest absolute Gasteiger partial charge is 0.414 e. The van der Waals surface area contributed by atoms with E-state index in [1.165, 1.54) is 43.5 Å². The zero-order valence-corrected chi connectivity index (χ0v) is 26.7. The number of carbonyl (C=O) groups is 1. The summed E-state index contributed by atoms with van der Waals surface area (Å²) in [5.41, 5.74) is 6.67. The maximum atomic E-state index is 12.9. The van der Waals surface area contributed by atoms with E-state index in [0.29, 0.717) is 29.7 Å². The van der Waals surface area contributed by atoms with Crippen LogP contribution in [0.4, 0.5) is 16.4 Å². The van der Waals surface area contributed by atoms with Crippen LogP contribution < -0.4 is 29.6 Å². The molecule has 10 heteroatoms. The van der Waals surface area contributed by atoms with Crippen LogP contribution in [-0.2, 0) is 6.54 Å². The lowest BCUT2D eigenvalue weighted by Crippen LogP contribution is -2.31. The third kappa shape index (κ3) is 7.87. The van der Waals surface area contributed by atoms with Crippen LogP contribution >= 0.6 is 0 Å². The number of anilines is 2. The van der Waals surface area contributed by atoms with Crippen molar-refractivity contribution in [2.45, 2.75) is 53.0 Å². The second-order valence-electron chi connectivity index (χ2n) is 11.8. The number of likely N-dealkylation sites (tertiary alicyclic amines) is 1. The van der Waals surface area contributed by atoms with E-state index in [0.717, 1.165) is 41.1 Å². The number of benzene rings is 3. The minimum Gasteiger partial charge on any atom is -0.493 e. The van der Waals surface area contributed by atoms with Gasteiger partial charge in [0.25, 0.3) is 0 Å². The molecule has 240 valence electrons. The molecule has 0 aliphatic carbocycles. The highest BCUT2D eigenvalue weighted by atomic mass is 16.7. The first kappa shape index (κ1) is 31.2. The average molecular weight is 624 g/mol. The van der Waals surface area contributed by atoms with E-state index < -0.39 is 6.09 Å². The molecule has 46 heavy (non-hydrogen) atoms. The Morgan fingerprint density at radius 2 is 1.76 bits per heavy atom. The van der Waals surface area contributed by atoms with Gasteiger partial charge >= 0.3 is 6.09 Å². The number of hydrogen-bond acceptors (Lipinski definition) is 9. The average Bonchev–Trinajstić information content (AvgIpc) is 3.53. The van der Waals surface area contributed by atoms with Crippen molar-refractivity contribution in [2.75, 3.05) is 38.4 Å². The summed E-state index contributed by atoms with van der Waals surface area (Å²) < 4.78 is 22.6. The summed E-state index contributed by atoms with van der Waals surface area (Å²) in [4.78, 5) is 24.8. The van der Waals surface area contributed by atoms with Gasteiger partial charge < -0.3 is 34.5 Å². The van der Waals surface area contributed by atoms with Crippen LogP contribution in [0.3, 0.4) is 0 Å². The Hall–Kier alpha value is -4.83. The Morgan fingerprint density at radius 3 is 2.63 bits per heavy atom. The lowest BCUT2D eigenvalue weighted by molar-refractivity contribution is 0.174. The van der Waals surface area contributed by atoms with Gasteiger partial charge in [0.2, 0.25) is 18.6 Å². The Balaban J connectivity index is 1.16. The first-order valence-electron chi connectivity index (χ1n) is 15.9. The molecule has 6 rings (SSSR count). The lowest BCUT2D eigenvalue weighted by atomic mass is 9.97. The first-order chi connectivity index (χ1) is 22.4. The third-order valence-corrected chi connectivity index (χ3v) is 8.53. The number of aryl methyl sites for hydroxylation is 1. The van der Waals surface area contributed by atoms with E-state index in [4.69, 9.17) is 23.9 Å². The summed E-state index contributed by atoms with van der Waals surface area (Å²) >= 11 is 0. The van der Waals surface area contributed by atoms with Gasteiger partial charge in [-0.05, 0) is 99.6 Å². The second kappa shape index (κ2) is 14.5. The van der Waals surface area contributed by atoms with Crippen LogP contribution in [-0.4, -0.2) is 54.0 Å². The molecule has 3 aromatic carbocycles. The van der Waals surface area contributed by atoms with E-state index in [-0.39, 0.29) is 19.2 Å². The minimum absolute atomic E-state index is 0.124. The summed E-state index contributed by atoms with van der Waals surface area (Å²) in [5, 5.41) is 6.08. The molecule has 1 fully saturated rings. The molecule has 1 saturated heterocycles. The van der Waals surface area contributed by atoms with Crippen molar-refractivity contribution in [2.24, 2.45) is 0 Å². The van der Waals surface area contributed by atoms with E-state index in [2.05, 4.69) is 47.4 Å². The van der Waals surface area contributed by atoms with Crippen molar-refractivity contribution < 1.29 is 23.7 Å². The summed E-state index contributed by atoms with van der Waals surface area (Å²) in [6.45, 7) is 10.8. The molecule has 0 radical (unpaired) electrons. The van der Waals surface area contributed by atoms with Gasteiger partial charge in [0.05, 0.1) is 12.3 Å². The molecule has 0 saturated carbocycles. The van der Waals surface area contributed by atoms with Crippen molar-refractivity contribution in [3.8, 4) is 34.4 Å². The number of nitrogens with one attached hydrogen (secondary N) is 2. The topological polar surface area (TPSA) is 107 Å². The summed E-state index contributed by atoms with van der Waals surface area (Å²) in [6.07, 6.45) is 4.27. The van der Waals surface area contributed by atoms with Crippen LogP contribution in [0.15, 0.2) is 60.7 Å². The summed E-state index contributed by atoms with van der Waals surface area (Å²) in [5.74, 6) is 2.53. The van der Waals surface area contributed by atoms with Gasteiger partial charge in [-0.3, -0.25) is 0 Å². The number of piperidine rings is 1. The fraction of sp³-hybridized carbons (Fsp3) is 0.361. The maximum Gasteiger partial charge on any atom is 0.414 e. The van der Waals surface area contributed by atoms with Gasteiger partial charge in [-0.2, -0.15) is 4.98 Å². The van der Waals surface area contributed by atoms with Crippen molar-refractivity contribution >= 4 is 17.7 Å². The van der Waals surface area contributed by atoms with E-state index in [1.807, 2.05) is 48.5 Å². The predicted octanol–water partition coefficient (Wildman–Crippen LogP) is 7.08. The van der Waals surface area contributed by atoms with Crippen LogP contribution in [0.1, 0.15) is 47.9 Å². The lowest BCUT2D eigenvalue weighted by Gasteiger charge is -2.26. The summed E-state index contributed by atoms with van der Waals surface area (Å²) in [6, 6.07) is 19.0. The van der Waals surface area contributed by atoms with Crippen LogP contribution in [0.2, 0.25) is 0 Å². The molecule has 0 atom stereocenters. The molecular formula is C36H41N5O5. The number of fused-ring (bicyclic) bond motifs is 1. The third-order valence-electron chi connectivity index (χ3n) is 8.53. The van der Waals surface area contributed by atoms with E-state index >= 15 is 0 Å². The Labute approximate surface area is 270 Å². The second-order valence-corrected chi connectivity index (χ2v) is 11.8. The zero-order chi connectivity index (χ0) is 31.9. The minimum atomic E-state index is -0.634. The molecule has 2 aliphatic heterocycles. The van der Waals surface area contributed by atoms with E-state index in [9.17, 15) is 4.79 Å². The van der Waals surface area contributed by atoms with Gasteiger partial charge in [-0.15, -0.1) is 0 Å².